The summed E-state index contributed by atoms with van der Waals surface area (Å²) in [5.41, 5.74) is 0.181. The Balaban J connectivity index is 2.01. The van der Waals surface area contributed by atoms with Crippen molar-refractivity contribution in [2.75, 3.05) is 0 Å². The molecule has 5 heteroatoms. The minimum absolute atomic E-state index is 0.0668. The summed E-state index contributed by atoms with van der Waals surface area (Å²) < 4.78 is 0. The molecule has 5 nitrogen and oxygen atoms in total. The van der Waals surface area contributed by atoms with Crippen molar-refractivity contribution in [1.29, 1.82) is 0 Å². The van der Waals surface area contributed by atoms with Gasteiger partial charge in [0.1, 0.15) is 0 Å². The van der Waals surface area contributed by atoms with E-state index in [2.05, 4.69) is 0 Å². The van der Waals surface area contributed by atoms with Crippen molar-refractivity contribution < 1.29 is 25.5 Å². The third kappa shape index (κ3) is 3.62. The molecule has 0 amide bonds. The van der Waals surface area contributed by atoms with Gasteiger partial charge in [0.25, 0.3) is 0 Å². The second kappa shape index (κ2) is 6.43. The Labute approximate surface area is 118 Å². The first kappa shape index (κ1) is 15.1. The third-order valence-electron chi connectivity index (χ3n) is 3.93. The van der Waals surface area contributed by atoms with Crippen molar-refractivity contribution in [2.24, 2.45) is 5.92 Å². The Bertz CT molecular complexity index is 438. The number of allylic oxidation sites excluding steroid dienone is 3. The Morgan fingerprint density at radius 1 is 1.25 bits per heavy atom. The van der Waals surface area contributed by atoms with Crippen LogP contribution in [0, 0.1) is 5.92 Å². The van der Waals surface area contributed by atoms with Gasteiger partial charge in [-0.1, -0.05) is 12.2 Å². The van der Waals surface area contributed by atoms with Gasteiger partial charge in [-0.3, -0.25) is 0 Å². The molecule has 0 saturated carbocycles. The smallest absolute Gasteiger partial charge is 0.0995 e. The molecule has 5 N–H and O–H groups in total. The summed E-state index contributed by atoms with van der Waals surface area (Å²) in [4.78, 5) is 0. The average molecular weight is 282 g/mol. The maximum Gasteiger partial charge on any atom is 0.0995 e. The number of hydrogen-bond donors (Lipinski definition) is 5. The van der Waals surface area contributed by atoms with Gasteiger partial charge in [-0.25, -0.2) is 0 Å². The van der Waals surface area contributed by atoms with E-state index >= 15 is 0 Å². The Morgan fingerprint density at radius 3 is 2.60 bits per heavy atom. The largest absolute Gasteiger partial charge is 0.513 e. The molecule has 2 rings (SSSR count). The lowest BCUT2D eigenvalue weighted by Crippen LogP contribution is -2.32. The number of rotatable bonds is 3. The molecule has 0 aromatic heterocycles. The zero-order valence-corrected chi connectivity index (χ0v) is 11.3. The normalized spacial score (nSPS) is 33.4. The van der Waals surface area contributed by atoms with Crippen molar-refractivity contribution in [3.8, 4) is 0 Å². The van der Waals surface area contributed by atoms with Crippen LogP contribution in [0.5, 0.6) is 0 Å². The van der Waals surface area contributed by atoms with Crippen molar-refractivity contribution in [2.45, 2.75) is 50.4 Å². The van der Waals surface area contributed by atoms with Crippen LogP contribution in [0.4, 0.5) is 0 Å². The molecule has 112 valence electrons. The fourth-order valence-electron chi connectivity index (χ4n) is 2.75. The van der Waals surface area contributed by atoms with Gasteiger partial charge >= 0.3 is 0 Å². The first-order chi connectivity index (χ1) is 9.47. The average Bonchev–Trinajstić information content (AvgIpc) is 2.37. The number of aliphatic hydroxyl groups is 5. The Hall–Kier alpha value is -1.30. The van der Waals surface area contributed by atoms with Gasteiger partial charge in [0.2, 0.25) is 0 Å². The van der Waals surface area contributed by atoms with E-state index in [1.54, 1.807) is 12.2 Å². The Kier molecular flexibility index (Phi) is 4.86. The number of aliphatic hydroxyl groups excluding tert-OH is 5. The van der Waals surface area contributed by atoms with Gasteiger partial charge in [-0.2, -0.15) is 0 Å². The molecule has 4 unspecified atom stereocenters. The highest BCUT2D eigenvalue weighted by Crippen LogP contribution is 2.28. The maximum absolute atomic E-state index is 10.1. The second-order valence-electron chi connectivity index (χ2n) is 5.57. The zero-order valence-electron chi connectivity index (χ0n) is 11.3. The van der Waals surface area contributed by atoms with Crippen LogP contribution in [-0.2, 0) is 0 Å². The van der Waals surface area contributed by atoms with E-state index in [0.29, 0.717) is 12.2 Å². The van der Waals surface area contributed by atoms with Crippen LogP contribution in [0.15, 0.2) is 35.3 Å². The van der Waals surface area contributed by atoms with E-state index in [9.17, 15) is 25.5 Å². The molecule has 0 fully saturated rings. The van der Waals surface area contributed by atoms with Gasteiger partial charge in [-0.05, 0) is 24.8 Å². The minimum Gasteiger partial charge on any atom is -0.513 e. The van der Waals surface area contributed by atoms with E-state index in [1.807, 2.05) is 6.08 Å². The van der Waals surface area contributed by atoms with E-state index < -0.39 is 18.3 Å². The molecule has 2 aliphatic carbocycles. The summed E-state index contributed by atoms with van der Waals surface area (Å²) in [6.07, 6.45) is 4.73. The lowest BCUT2D eigenvalue weighted by molar-refractivity contribution is 0.0572. The molecular weight excluding hydrogens is 260 g/mol. The molecule has 0 heterocycles. The van der Waals surface area contributed by atoms with Crippen LogP contribution in [0.3, 0.4) is 0 Å². The molecule has 0 aliphatic heterocycles. The fraction of sp³-hybridized carbons (Fsp3) is 0.600. The van der Waals surface area contributed by atoms with Gasteiger partial charge in [0.05, 0.1) is 29.8 Å². The highest BCUT2D eigenvalue weighted by Gasteiger charge is 2.30. The standard InChI is InChI=1S/C15H22O5/c16-10-4-1-9(2-5-10)3-6-12(18)15-13(19)7-11(17)8-14(15)20/h3-4,6,9,11-13,16-20H,1-2,5,7-8H2/b6-3+. The molecule has 0 spiro atoms. The van der Waals surface area contributed by atoms with E-state index in [-0.39, 0.29) is 30.1 Å². The third-order valence-corrected chi connectivity index (χ3v) is 3.93. The van der Waals surface area contributed by atoms with Crippen LogP contribution in [0.25, 0.3) is 0 Å². The van der Waals surface area contributed by atoms with Gasteiger partial charge in [-0.15, -0.1) is 0 Å². The van der Waals surface area contributed by atoms with Crippen molar-refractivity contribution in [3.05, 3.63) is 35.3 Å². The van der Waals surface area contributed by atoms with E-state index in [0.717, 1.165) is 12.8 Å². The van der Waals surface area contributed by atoms with Crippen molar-refractivity contribution >= 4 is 0 Å². The molecule has 0 bridgehead atoms. The van der Waals surface area contributed by atoms with Crippen LogP contribution < -0.4 is 0 Å². The van der Waals surface area contributed by atoms with Crippen molar-refractivity contribution in [3.63, 3.8) is 0 Å². The zero-order chi connectivity index (χ0) is 14.7. The predicted octanol–water partition coefficient (Wildman–Crippen LogP) is 1.47. The predicted molar refractivity (Wildman–Crippen MR) is 74.1 cm³/mol. The molecule has 0 radical (unpaired) electrons. The Morgan fingerprint density at radius 2 is 2.00 bits per heavy atom. The first-order valence-corrected chi connectivity index (χ1v) is 6.99. The highest BCUT2D eigenvalue weighted by atomic mass is 16.3. The summed E-state index contributed by atoms with van der Waals surface area (Å²) >= 11 is 0. The summed E-state index contributed by atoms with van der Waals surface area (Å²) in [6.45, 7) is 0. The lowest BCUT2D eigenvalue weighted by Gasteiger charge is -2.27. The molecule has 0 saturated heterocycles. The molecular formula is C15H22O5. The van der Waals surface area contributed by atoms with Crippen LogP contribution in [0.2, 0.25) is 0 Å². The van der Waals surface area contributed by atoms with Crippen LogP contribution >= 0.6 is 0 Å². The van der Waals surface area contributed by atoms with Gasteiger partial charge in [0.15, 0.2) is 0 Å². The summed E-state index contributed by atoms with van der Waals surface area (Å²) in [7, 11) is 0. The summed E-state index contributed by atoms with van der Waals surface area (Å²) in [5.74, 6) is 0.524. The fourth-order valence-corrected chi connectivity index (χ4v) is 2.75. The van der Waals surface area contributed by atoms with E-state index in [4.69, 9.17) is 0 Å². The van der Waals surface area contributed by atoms with Gasteiger partial charge < -0.3 is 25.5 Å². The highest BCUT2D eigenvalue weighted by molar-refractivity contribution is 5.26. The topological polar surface area (TPSA) is 101 Å². The minimum atomic E-state index is -1.04. The van der Waals surface area contributed by atoms with Crippen LogP contribution in [0.1, 0.15) is 32.1 Å². The molecule has 20 heavy (non-hydrogen) atoms. The lowest BCUT2D eigenvalue weighted by atomic mass is 9.87. The molecule has 4 atom stereocenters. The molecule has 0 aromatic carbocycles. The molecule has 2 aliphatic rings. The maximum atomic E-state index is 10.1. The first-order valence-electron chi connectivity index (χ1n) is 6.99. The monoisotopic (exact) mass is 282 g/mol. The van der Waals surface area contributed by atoms with E-state index in [1.165, 1.54) is 0 Å². The van der Waals surface area contributed by atoms with Crippen molar-refractivity contribution in [1.82, 2.24) is 0 Å². The summed E-state index contributed by atoms with van der Waals surface area (Å²) in [6, 6.07) is 0. The van der Waals surface area contributed by atoms with Gasteiger partial charge in [0, 0.05) is 24.8 Å². The van der Waals surface area contributed by atoms with Crippen LogP contribution in [-0.4, -0.2) is 43.8 Å². The molecule has 0 aromatic rings. The number of hydrogen-bond acceptors (Lipinski definition) is 5. The second-order valence-corrected chi connectivity index (χ2v) is 5.57. The summed E-state index contributed by atoms with van der Waals surface area (Å²) in [5, 5.41) is 48.4. The SMILES string of the molecule is OC1=CCC(/C=C/C(O)C2=C(O)CC(O)CC2O)CC1. The quantitative estimate of drug-likeness (QED) is 0.505.